The van der Waals surface area contributed by atoms with Crippen LogP contribution in [-0.2, 0) is 28.6 Å². The minimum absolute atomic E-state index is 0.0661. The van der Waals surface area contributed by atoms with Crippen molar-refractivity contribution in [3.8, 4) is 0 Å². The molecule has 0 aliphatic rings. The Morgan fingerprint density at radius 2 is 0.550 bits per heavy atom. The predicted molar refractivity (Wildman–Crippen MR) is 256 cm³/mol. The zero-order valence-electron chi connectivity index (χ0n) is 40.5. The summed E-state index contributed by atoms with van der Waals surface area (Å²) >= 11 is 0. The van der Waals surface area contributed by atoms with Crippen molar-refractivity contribution in [2.24, 2.45) is 0 Å². The number of allylic oxidation sites excluding steroid dienone is 2. The smallest absolute Gasteiger partial charge is 0.306 e. The molecule has 0 aliphatic carbocycles. The quantitative estimate of drug-likeness (QED) is 0.0263. The van der Waals surface area contributed by atoms with Gasteiger partial charge in [0.25, 0.3) is 0 Å². The van der Waals surface area contributed by atoms with Crippen molar-refractivity contribution < 1.29 is 28.6 Å². The molecule has 0 radical (unpaired) electrons. The summed E-state index contributed by atoms with van der Waals surface area (Å²) in [5.74, 6) is -0.854. The molecule has 0 aromatic carbocycles. The van der Waals surface area contributed by atoms with Gasteiger partial charge in [-0.05, 0) is 44.9 Å². The first-order valence-corrected chi connectivity index (χ1v) is 26.7. The summed E-state index contributed by atoms with van der Waals surface area (Å²) in [5, 5.41) is 0. The lowest BCUT2D eigenvalue weighted by Gasteiger charge is -2.18. The van der Waals surface area contributed by atoms with E-state index in [2.05, 4.69) is 32.9 Å². The van der Waals surface area contributed by atoms with Crippen LogP contribution in [0.4, 0.5) is 0 Å². The standard InChI is InChI=1S/C54H102O6/c1-4-7-10-13-16-19-22-24-25-26-27-28-29-30-33-35-38-41-44-47-53(56)59-50-51(49-58-52(55)46-43-40-37-34-31-21-18-15-12-9-6-3)60-54(57)48-45-42-39-36-32-23-20-17-14-11-8-5-2/h26-27,51H,4-25,28-50H2,1-3H3/b27-26-/t51-/m1/s1. The van der Waals surface area contributed by atoms with Crippen LogP contribution in [0.5, 0.6) is 0 Å². The van der Waals surface area contributed by atoms with Gasteiger partial charge in [0.15, 0.2) is 6.10 Å². The fraction of sp³-hybridized carbons (Fsp3) is 0.907. The maximum absolute atomic E-state index is 12.8. The summed E-state index contributed by atoms with van der Waals surface area (Å²) < 4.78 is 16.8. The van der Waals surface area contributed by atoms with E-state index in [1.807, 2.05) is 0 Å². The van der Waals surface area contributed by atoms with Crippen molar-refractivity contribution in [1.82, 2.24) is 0 Å². The van der Waals surface area contributed by atoms with Crippen molar-refractivity contribution in [3.05, 3.63) is 12.2 Å². The Kier molecular flexibility index (Phi) is 48.3. The van der Waals surface area contributed by atoms with E-state index < -0.39 is 6.10 Å². The summed E-state index contributed by atoms with van der Waals surface area (Å²) in [4.78, 5) is 37.9. The second kappa shape index (κ2) is 49.8. The molecule has 0 saturated heterocycles. The lowest BCUT2D eigenvalue weighted by Crippen LogP contribution is -2.30. The molecule has 0 saturated carbocycles. The Morgan fingerprint density at radius 1 is 0.317 bits per heavy atom. The number of unbranched alkanes of at least 4 members (excludes halogenated alkanes) is 36. The van der Waals surface area contributed by atoms with Gasteiger partial charge >= 0.3 is 17.9 Å². The Morgan fingerprint density at radius 3 is 0.833 bits per heavy atom. The van der Waals surface area contributed by atoms with Crippen molar-refractivity contribution in [1.29, 1.82) is 0 Å². The van der Waals surface area contributed by atoms with Gasteiger partial charge in [0.05, 0.1) is 0 Å². The van der Waals surface area contributed by atoms with Crippen LogP contribution < -0.4 is 0 Å². The first kappa shape index (κ1) is 58.1. The van der Waals surface area contributed by atoms with Crippen LogP contribution in [0, 0.1) is 0 Å². The molecule has 0 spiro atoms. The summed E-state index contributed by atoms with van der Waals surface area (Å²) in [5.41, 5.74) is 0. The van der Waals surface area contributed by atoms with Gasteiger partial charge in [-0.3, -0.25) is 14.4 Å². The van der Waals surface area contributed by atoms with E-state index in [1.54, 1.807) is 0 Å². The van der Waals surface area contributed by atoms with Crippen LogP contribution in [0.3, 0.4) is 0 Å². The van der Waals surface area contributed by atoms with Gasteiger partial charge in [-0.25, -0.2) is 0 Å². The van der Waals surface area contributed by atoms with E-state index in [0.717, 1.165) is 57.8 Å². The Bertz CT molecular complexity index is 931. The SMILES string of the molecule is CCCCCCCCCC/C=C\CCCCCCCCCC(=O)OC[C@@H](COC(=O)CCCCCCCCCCCCC)OC(=O)CCCCCCCCCCCCCC. The van der Waals surface area contributed by atoms with Crippen LogP contribution in [-0.4, -0.2) is 37.2 Å². The van der Waals surface area contributed by atoms with Gasteiger partial charge in [-0.15, -0.1) is 0 Å². The number of hydrogen-bond acceptors (Lipinski definition) is 6. The van der Waals surface area contributed by atoms with Crippen LogP contribution in [0.1, 0.15) is 297 Å². The van der Waals surface area contributed by atoms with Crippen molar-refractivity contribution in [2.75, 3.05) is 13.2 Å². The largest absolute Gasteiger partial charge is 0.462 e. The van der Waals surface area contributed by atoms with Crippen LogP contribution in [0.15, 0.2) is 12.2 Å². The Hall–Kier alpha value is -1.85. The van der Waals surface area contributed by atoms with Gasteiger partial charge in [0.1, 0.15) is 13.2 Å². The number of carbonyl (C=O) groups is 3. The molecule has 0 N–H and O–H groups in total. The normalized spacial score (nSPS) is 12.0. The van der Waals surface area contributed by atoms with Crippen molar-refractivity contribution >= 4 is 17.9 Å². The molecular formula is C54H102O6. The molecule has 0 aromatic heterocycles. The minimum Gasteiger partial charge on any atom is -0.462 e. The molecule has 354 valence electrons. The third kappa shape index (κ3) is 47.2. The molecule has 0 fully saturated rings. The number of hydrogen-bond donors (Lipinski definition) is 0. The minimum atomic E-state index is -0.764. The molecule has 0 aliphatic heterocycles. The third-order valence-electron chi connectivity index (χ3n) is 12.0. The lowest BCUT2D eigenvalue weighted by molar-refractivity contribution is -0.167. The van der Waals surface area contributed by atoms with Gasteiger partial charge in [-0.1, -0.05) is 245 Å². The molecule has 6 nitrogen and oxygen atoms in total. The van der Waals surface area contributed by atoms with E-state index >= 15 is 0 Å². The van der Waals surface area contributed by atoms with E-state index in [9.17, 15) is 14.4 Å². The Labute approximate surface area is 373 Å². The highest BCUT2D eigenvalue weighted by molar-refractivity contribution is 5.71. The number of carbonyl (C=O) groups excluding carboxylic acids is 3. The third-order valence-corrected chi connectivity index (χ3v) is 12.0. The average molecular weight is 847 g/mol. The van der Waals surface area contributed by atoms with E-state index in [-0.39, 0.29) is 31.1 Å². The highest BCUT2D eigenvalue weighted by atomic mass is 16.6. The number of ether oxygens (including phenoxy) is 3. The molecule has 0 unspecified atom stereocenters. The van der Waals surface area contributed by atoms with Gasteiger partial charge in [0, 0.05) is 19.3 Å². The predicted octanol–water partition coefficient (Wildman–Crippen LogP) is 17.4. The average Bonchev–Trinajstić information content (AvgIpc) is 3.24. The van der Waals surface area contributed by atoms with E-state index in [4.69, 9.17) is 14.2 Å². The molecule has 0 bridgehead atoms. The first-order valence-electron chi connectivity index (χ1n) is 26.7. The Balaban J connectivity index is 4.27. The van der Waals surface area contributed by atoms with E-state index in [1.165, 1.54) is 199 Å². The van der Waals surface area contributed by atoms with Gasteiger partial charge in [-0.2, -0.15) is 0 Å². The van der Waals surface area contributed by atoms with Gasteiger partial charge in [0.2, 0.25) is 0 Å². The second-order valence-corrected chi connectivity index (χ2v) is 18.2. The fourth-order valence-electron chi connectivity index (χ4n) is 7.97. The highest BCUT2D eigenvalue weighted by Gasteiger charge is 2.19. The highest BCUT2D eigenvalue weighted by Crippen LogP contribution is 2.16. The van der Waals surface area contributed by atoms with Crippen LogP contribution in [0.25, 0.3) is 0 Å². The topological polar surface area (TPSA) is 78.9 Å². The molecular weight excluding hydrogens is 745 g/mol. The number of rotatable bonds is 49. The molecule has 6 heteroatoms. The molecule has 0 aromatic rings. The summed E-state index contributed by atoms with van der Waals surface area (Å²) in [6.45, 7) is 6.66. The second-order valence-electron chi connectivity index (χ2n) is 18.2. The zero-order valence-corrected chi connectivity index (χ0v) is 40.5. The fourth-order valence-corrected chi connectivity index (χ4v) is 7.97. The maximum atomic E-state index is 12.8. The summed E-state index contributed by atoms with van der Waals surface area (Å²) in [6.07, 6.45) is 54.8. The number of esters is 3. The maximum Gasteiger partial charge on any atom is 0.306 e. The first-order chi connectivity index (χ1) is 29.5. The summed E-state index contributed by atoms with van der Waals surface area (Å²) in [7, 11) is 0. The molecule has 0 rings (SSSR count). The van der Waals surface area contributed by atoms with Gasteiger partial charge < -0.3 is 14.2 Å². The van der Waals surface area contributed by atoms with Crippen molar-refractivity contribution in [3.63, 3.8) is 0 Å². The molecule has 60 heavy (non-hydrogen) atoms. The van der Waals surface area contributed by atoms with Crippen LogP contribution in [0.2, 0.25) is 0 Å². The lowest BCUT2D eigenvalue weighted by atomic mass is 10.0. The molecule has 0 amide bonds. The van der Waals surface area contributed by atoms with E-state index in [0.29, 0.717) is 19.3 Å². The van der Waals surface area contributed by atoms with Crippen LogP contribution >= 0.6 is 0 Å². The monoisotopic (exact) mass is 847 g/mol. The summed E-state index contributed by atoms with van der Waals surface area (Å²) in [6, 6.07) is 0. The molecule has 0 heterocycles. The van der Waals surface area contributed by atoms with Crippen molar-refractivity contribution in [2.45, 2.75) is 303 Å². The molecule has 1 atom stereocenters. The zero-order chi connectivity index (χ0) is 43.7.